The first-order valence-electron chi connectivity index (χ1n) is 9.05. The van der Waals surface area contributed by atoms with Gasteiger partial charge in [0.15, 0.2) is 6.04 Å². The van der Waals surface area contributed by atoms with E-state index in [1.165, 1.54) is 0 Å². The zero-order valence-electron chi connectivity index (χ0n) is 16.7. The number of carboxylic acids is 1. The molecule has 176 valence electrons. The summed E-state index contributed by atoms with van der Waals surface area (Å²) in [7, 11) is 0. The van der Waals surface area contributed by atoms with Gasteiger partial charge in [0.25, 0.3) is 0 Å². The molecule has 0 aromatic rings. The summed E-state index contributed by atoms with van der Waals surface area (Å²) in [4.78, 5) is 70.5. The van der Waals surface area contributed by atoms with Gasteiger partial charge in [-0.3, -0.25) is 24.0 Å². The average Bonchev–Trinajstić information content (AvgIpc) is 2.66. The highest BCUT2D eigenvalue weighted by molar-refractivity contribution is 7.80. The molecule has 5 unspecified atom stereocenters. The molecule has 0 fully saturated rings. The maximum Gasteiger partial charge on any atom is 0.328 e. The molecule has 0 spiro atoms. The van der Waals surface area contributed by atoms with Crippen LogP contribution in [0, 0.1) is 0 Å². The third-order valence-corrected chi connectivity index (χ3v) is 4.32. The average molecular weight is 465 g/mol. The second-order valence-corrected chi connectivity index (χ2v) is 7.02. The minimum absolute atomic E-state index is 0.0430. The molecule has 0 aromatic heterocycles. The lowest BCUT2D eigenvalue weighted by molar-refractivity contribution is -0.145. The topological polar surface area (TPSA) is 257 Å². The van der Waals surface area contributed by atoms with Crippen molar-refractivity contribution in [1.29, 1.82) is 0 Å². The zero-order valence-corrected chi connectivity index (χ0v) is 17.6. The van der Waals surface area contributed by atoms with Gasteiger partial charge in [0, 0.05) is 12.2 Å². The van der Waals surface area contributed by atoms with E-state index in [0.29, 0.717) is 0 Å². The van der Waals surface area contributed by atoms with E-state index in [0.717, 1.165) is 6.92 Å². The third-order valence-electron chi connectivity index (χ3n) is 3.93. The number of primary amides is 2. The largest absolute Gasteiger partial charge is 0.480 e. The summed E-state index contributed by atoms with van der Waals surface area (Å²) in [5.74, 6) is -6.23. The van der Waals surface area contributed by atoms with Crippen LogP contribution < -0.4 is 33.2 Å². The molecule has 5 amide bonds. The highest BCUT2D eigenvalue weighted by Crippen LogP contribution is 2.03. The molecule has 0 aliphatic carbocycles. The summed E-state index contributed by atoms with van der Waals surface area (Å²) in [5.41, 5.74) is 15.7. The quantitative estimate of drug-likeness (QED) is 0.112. The highest BCUT2D eigenvalue weighted by Gasteiger charge is 2.32. The van der Waals surface area contributed by atoms with Crippen molar-refractivity contribution in [1.82, 2.24) is 16.0 Å². The van der Waals surface area contributed by atoms with Gasteiger partial charge >= 0.3 is 5.97 Å². The molecule has 0 aliphatic heterocycles. The molecule has 5 atom stereocenters. The monoisotopic (exact) mass is 464 g/mol. The molecule has 0 saturated heterocycles. The molecule has 14 nitrogen and oxygen atoms in total. The molecule has 15 heteroatoms. The zero-order chi connectivity index (χ0) is 24.3. The van der Waals surface area contributed by atoms with Gasteiger partial charge < -0.3 is 43.4 Å². The molecular weight excluding hydrogens is 436 g/mol. The van der Waals surface area contributed by atoms with E-state index < -0.39 is 72.2 Å². The van der Waals surface area contributed by atoms with E-state index >= 15 is 0 Å². The Morgan fingerprint density at radius 3 is 1.84 bits per heavy atom. The number of carbonyl (C=O) groups is 6. The number of hydrogen-bond acceptors (Lipinski definition) is 9. The Morgan fingerprint density at radius 1 is 0.903 bits per heavy atom. The molecular formula is C16H28N6O8S. The molecule has 0 rings (SSSR count). The van der Waals surface area contributed by atoms with Gasteiger partial charge in [-0.2, -0.15) is 12.6 Å². The fourth-order valence-electron chi connectivity index (χ4n) is 2.24. The van der Waals surface area contributed by atoms with Gasteiger partial charge in [-0.25, -0.2) is 4.79 Å². The van der Waals surface area contributed by atoms with E-state index in [4.69, 9.17) is 22.3 Å². The van der Waals surface area contributed by atoms with Crippen LogP contribution >= 0.6 is 12.6 Å². The van der Waals surface area contributed by atoms with Crippen LogP contribution in [0.5, 0.6) is 0 Å². The summed E-state index contributed by atoms with van der Waals surface area (Å²) in [6.45, 7) is 1.11. The van der Waals surface area contributed by atoms with Crippen LogP contribution in [-0.4, -0.2) is 81.7 Å². The van der Waals surface area contributed by atoms with Crippen molar-refractivity contribution < 1.29 is 39.0 Å². The number of carbonyl (C=O) groups excluding carboxylic acids is 5. The smallest absolute Gasteiger partial charge is 0.328 e. The Labute approximate surface area is 183 Å². The highest BCUT2D eigenvalue weighted by atomic mass is 32.1. The van der Waals surface area contributed by atoms with Crippen molar-refractivity contribution in [3.63, 3.8) is 0 Å². The predicted octanol–water partition coefficient (Wildman–Crippen LogP) is -4.70. The third kappa shape index (κ3) is 10.6. The van der Waals surface area contributed by atoms with Crippen molar-refractivity contribution in [2.75, 3.05) is 5.75 Å². The predicted molar refractivity (Wildman–Crippen MR) is 109 cm³/mol. The van der Waals surface area contributed by atoms with E-state index in [9.17, 15) is 33.9 Å². The van der Waals surface area contributed by atoms with Crippen molar-refractivity contribution in [3.8, 4) is 0 Å². The Kier molecular flexibility index (Phi) is 12.1. The number of thiol groups is 1. The fourth-order valence-corrected chi connectivity index (χ4v) is 2.41. The first-order valence-corrected chi connectivity index (χ1v) is 9.68. The Balaban J connectivity index is 5.53. The number of aliphatic hydroxyl groups excluding tert-OH is 1. The number of hydrogen-bond donors (Lipinski definition) is 9. The molecule has 0 heterocycles. The summed E-state index contributed by atoms with van der Waals surface area (Å²) in [5, 5.41) is 25.0. The number of aliphatic hydroxyl groups is 1. The second-order valence-electron chi connectivity index (χ2n) is 6.65. The normalized spacial score (nSPS) is 15.5. The summed E-state index contributed by atoms with van der Waals surface area (Å²) < 4.78 is 0. The van der Waals surface area contributed by atoms with Gasteiger partial charge in [-0.15, -0.1) is 0 Å². The van der Waals surface area contributed by atoms with Crippen molar-refractivity contribution in [2.24, 2.45) is 17.2 Å². The van der Waals surface area contributed by atoms with Crippen LogP contribution in [0.15, 0.2) is 0 Å². The summed E-state index contributed by atoms with van der Waals surface area (Å²) >= 11 is 3.87. The van der Waals surface area contributed by atoms with E-state index in [-0.39, 0.29) is 18.6 Å². The molecule has 0 saturated carbocycles. The summed E-state index contributed by atoms with van der Waals surface area (Å²) in [6.07, 6.45) is -2.75. The van der Waals surface area contributed by atoms with E-state index in [1.807, 2.05) is 5.32 Å². The molecule has 11 N–H and O–H groups in total. The number of nitrogens with one attached hydrogen (secondary N) is 3. The van der Waals surface area contributed by atoms with Crippen LogP contribution in [0.1, 0.15) is 26.2 Å². The number of nitrogens with two attached hydrogens (primary N) is 3. The van der Waals surface area contributed by atoms with Crippen molar-refractivity contribution in [3.05, 3.63) is 0 Å². The number of aliphatic carboxylic acids is 1. The molecule has 0 aromatic carbocycles. The van der Waals surface area contributed by atoms with Crippen LogP contribution in [0.4, 0.5) is 0 Å². The van der Waals surface area contributed by atoms with E-state index in [2.05, 4.69) is 23.3 Å². The van der Waals surface area contributed by atoms with Crippen LogP contribution in [0.3, 0.4) is 0 Å². The van der Waals surface area contributed by atoms with Gasteiger partial charge in [-0.1, -0.05) is 0 Å². The molecule has 0 radical (unpaired) electrons. The number of rotatable bonds is 14. The lowest BCUT2D eigenvalue weighted by Crippen LogP contribution is -2.59. The number of carboxylic acid groups (broad SMARTS) is 1. The van der Waals surface area contributed by atoms with Gasteiger partial charge in [-0.05, 0) is 13.3 Å². The fraction of sp³-hybridized carbons (Fsp3) is 0.625. The minimum Gasteiger partial charge on any atom is -0.480 e. The molecule has 0 bridgehead atoms. The maximum atomic E-state index is 12.6. The van der Waals surface area contributed by atoms with Gasteiger partial charge in [0.1, 0.15) is 12.1 Å². The van der Waals surface area contributed by atoms with Crippen LogP contribution in [-0.2, 0) is 28.8 Å². The first-order chi connectivity index (χ1) is 14.3. The molecule has 0 aliphatic rings. The Morgan fingerprint density at radius 2 is 1.42 bits per heavy atom. The SMILES string of the molecule is CC(O)C(NC(=O)C(CC(N)=O)NC(=O)C(CCC(N)=O)NC(=O)C(N)CS)C(=O)O. The lowest BCUT2D eigenvalue weighted by atomic mass is 10.1. The first kappa shape index (κ1) is 28.1. The van der Waals surface area contributed by atoms with Crippen LogP contribution in [0.2, 0.25) is 0 Å². The van der Waals surface area contributed by atoms with Gasteiger partial charge in [0.05, 0.1) is 18.6 Å². The standard InChI is InChI=1S/C16H28N6O8S/c1-6(23)12(16(29)30)22-15(28)9(4-11(19)25)21-14(27)8(2-3-10(18)24)20-13(26)7(17)5-31/h6-9,12,23,31H,2-5,17H2,1H3,(H2,18,24)(H2,19,25)(H,20,26)(H,21,27)(H,22,28)(H,29,30). The molecule has 31 heavy (non-hydrogen) atoms. The Bertz CT molecular complexity index is 704. The minimum atomic E-state index is -1.72. The van der Waals surface area contributed by atoms with Crippen LogP contribution in [0.25, 0.3) is 0 Å². The van der Waals surface area contributed by atoms with E-state index in [1.54, 1.807) is 0 Å². The maximum absolute atomic E-state index is 12.6. The van der Waals surface area contributed by atoms with Crippen molar-refractivity contribution >= 4 is 48.1 Å². The Hall–Kier alpha value is -2.91. The second kappa shape index (κ2) is 13.4. The lowest BCUT2D eigenvalue weighted by Gasteiger charge is -2.25. The van der Waals surface area contributed by atoms with Gasteiger partial charge in [0.2, 0.25) is 29.5 Å². The summed E-state index contributed by atoms with van der Waals surface area (Å²) in [6, 6.07) is -5.78. The van der Waals surface area contributed by atoms with Crippen molar-refractivity contribution in [2.45, 2.75) is 56.5 Å². The number of amides is 5.